The Morgan fingerprint density at radius 1 is 1.35 bits per heavy atom. The lowest BCUT2D eigenvalue weighted by Crippen LogP contribution is -2.27. The number of primary amides is 1. The number of hydrogen-bond acceptors (Lipinski definition) is 3. The summed E-state index contributed by atoms with van der Waals surface area (Å²) in [6.45, 7) is 3.26. The number of thioether (sulfide) groups is 1. The zero-order chi connectivity index (χ0) is 13.1. The van der Waals surface area contributed by atoms with Crippen molar-refractivity contribution in [1.29, 1.82) is 0 Å². The second-order valence-corrected chi connectivity index (χ2v) is 5.72. The quantitative estimate of drug-likeness (QED) is 0.839. The standard InChI is InChI=1S/C12H15NO3S/c1-12(2,11(15)16)17-7-8-5-3-4-6-9(8)10(13)14/h3-6H,7H2,1-2H3,(H2,13,14)(H,15,16). The van der Waals surface area contributed by atoms with Crippen molar-refractivity contribution in [3.8, 4) is 0 Å². The lowest BCUT2D eigenvalue weighted by atomic mass is 10.1. The first-order chi connectivity index (χ1) is 7.84. The average molecular weight is 253 g/mol. The zero-order valence-corrected chi connectivity index (χ0v) is 10.6. The molecule has 0 unspecified atom stereocenters. The van der Waals surface area contributed by atoms with Gasteiger partial charge in [0, 0.05) is 11.3 Å². The van der Waals surface area contributed by atoms with Crippen molar-refractivity contribution >= 4 is 23.6 Å². The summed E-state index contributed by atoms with van der Waals surface area (Å²) in [4.78, 5) is 22.1. The fourth-order valence-corrected chi connectivity index (χ4v) is 2.10. The second-order valence-electron chi connectivity index (χ2n) is 4.13. The van der Waals surface area contributed by atoms with Gasteiger partial charge in [-0.1, -0.05) is 18.2 Å². The van der Waals surface area contributed by atoms with Crippen LogP contribution in [0, 0.1) is 0 Å². The summed E-state index contributed by atoms with van der Waals surface area (Å²) in [5.74, 6) is -0.924. The number of carboxylic acids is 1. The predicted octanol–water partition coefficient (Wildman–Crippen LogP) is 1.88. The largest absolute Gasteiger partial charge is 0.480 e. The molecule has 4 nitrogen and oxygen atoms in total. The highest BCUT2D eigenvalue weighted by Crippen LogP contribution is 2.29. The average Bonchev–Trinajstić information content (AvgIpc) is 2.26. The van der Waals surface area contributed by atoms with Gasteiger partial charge in [0.05, 0.1) is 0 Å². The van der Waals surface area contributed by atoms with Crippen LogP contribution in [-0.2, 0) is 10.5 Å². The molecule has 1 aromatic rings. The Morgan fingerprint density at radius 3 is 2.47 bits per heavy atom. The van der Waals surface area contributed by atoms with Crippen LogP contribution in [0.5, 0.6) is 0 Å². The Hall–Kier alpha value is -1.49. The SMILES string of the molecule is CC(C)(SCc1ccccc1C(N)=O)C(=O)O. The number of carboxylic acid groups (broad SMARTS) is 1. The van der Waals surface area contributed by atoms with Crippen molar-refractivity contribution in [2.75, 3.05) is 0 Å². The fraction of sp³-hybridized carbons (Fsp3) is 0.333. The molecule has 0 atom stereocenters. The van der Waals surface area contributed by atoms with E-state index in [0.717, 1.165) is 5.56 Å². The van der Waals surface area contributed by atoms with E-state index in [4.69, 9.17) is 10.8 Å². The summed E-state index contributed by atoms with van der Waals surface area (Å²) in [5, 5.41) is 8.99. The van der Waals surface area contributed by atoms with Crippen LogP contribution < -0.4 is 5.73 Å². The third-order valence-corrected chi connectivity index (χ3v) is 3.74. The smallest absolute Gasteiger partial charge is 0.319 e. The highest BCUT2D eigenvalue weighted by Gasteiger charge is 2.27. The van der Waals surface area contributed by atoms with Gasteiger partial charge >= 0.3 is 5.97 Å². The molecule has 5 heteroatoms. The van der Waals surface area contributed by atoms with E-state index >= 15 is 0 Å². The lowest BCUT2D eigenvalue weighted by Gasteiger charge is -2.18. The van der Waals surface area contributed by atoms with Gasteiger partial charge in [-0.05, 0) is 25.5 Å². The molecule has 0 saturated heterocycles. The van der Waals surface area contributed by atoms with Crippen LogP contribution in [0.2, 0.25) is 0 Å². The van der Waals surface area contributed by atoms with Crippen LogP contribution in [0.25, 0.3) is 0 Å². The molecule has 0 bridgehead atoms. The summed E-state index contributed by atoms with van der Waals surface area (Å²) in [6.07, 6.45) is 0. The molecule has 0 saturated carbocycles. The van der Waals surface area contributed by atoms with Gasteiger partial charge in [0.2, 0.25) is 5.91 Å². The molecule has 17 heavy (non-hydrogen) atoms. The molecule has 0 radical (unpaired) electrons. The van der Waals surface area contributed by atoms with Crippen LogP contribution in [0.15, 0.2) is 24.3 Å². The van der Waals surface area contributed by atoms with Gasteiger partial charge in [-0.2, -0.15) is 0 Å². The maximum Gasteiger partial charge on any atom is 0.319 e. The van der Waals surface area contributed by atoms with E-state index in [1.165, 1.54) is 11.8 Å². The summed E-state index contributed by atoms with van der Waals surface area (Å²) in [7, 11) is 0. The van der Waals surface area contributed by atoms with E-state index in [9.17, 15) is 9.59 Å². The Kier molecular flexibility index (Phi) is 4.17. The van der Waals surface area contributed by atoms with Gasteiger partial charge in [-0.3, -0.25) is 9.59 Å². The van der Waals surface area contributed by atoms with Crippen LogP contribution >= 0.6 is 11.8 Å². The highest BCUT2D eigenvalue weighted by atomic mass is 32.2. The van der Waals surface area contributed by atoms with Gasteiger partial charge in [-0.15, -0.1) is 11.8 Å². The molecule has 0 heterocycles. The Morgan fingerprint density at radius 2 is 1.94 bits per heavy atom. The summed E-state index contributed by atoms with van der Waals surface area (Å²) >= 11 is 1.26. The molecule has 92 valence electrons. The van der Waals surface area contributed by atoms with Crippen molar-refractivity contribution in [3.63, 3.8) is 0 Å². The van der Waals surface area contributed by atoms with E-state index in [1.54, 1.807) is 38.1 Å². The van der Waals surface area contributed by atoms with Gasteiger partial charge < -0.3 is 10.8 Å². The van der Waals surface area contributed by atoms with Crippen molar-refractivity contribution < 1.29 is 14.7 Å². The second kappa shape index (κ2) is 5.23. The topological polar surface area (TPSA) is 80.4 Å². The molecule has 1 rings (SSSR count). The van der Waals surface area contributed by atoms with Crippen molar-refractivity contribution in [3.05, 3.63) is 35.4 Å². The van der Waals surface area contributed by atoms with Crippen molar-refractivity contribution in [1.82, 2.24) is 0 Å². The number of carbonyl (C=O) groups excluding carboxylic acids is 1. The first-order valence-corrected chi connectivity index (χ1v) is 6.08. The molecule has 1 amide bonds. The van der Waals surface area contributed by atoms with E-state index in [2.05, 4.69) is 0 Å². The van der Waals surface area contributed by atoms with Crippen LogP contribution in [0.1, 0.15) is 29.8 Å². The fourth-order valence-electron chi connectivity index (χ4n) is 1.21. The summed E-state index contributed by atoms with van der Waals surface area (Å²) < 4.78 is -0.884. The Bertz CT molecular complexity index is 443. The number of amides is 1. The number of rotatable bonds is 5. The Labute approximate surface area is 104 Å². The third kappa shape index (κ3) is 3.49. The minimum absolute atomic E-state index is 0.443. The number of nitrogens with two attached hydrogens (primary N) is 1. The predicted molar refractivity (Wildman–Crippen MR) is 68.0 cm³/mol. The molecule has 3 N–H and O–H groups in total. The number of aliphatic carboxylic acids is 1. The summed E-state index contributed by atoms with van der Waals surface area (Å²) in [5.41, 5.74) is 6.46. The first-order valence-electron chi connectivity index (χ1n) is 5.09. The maximum absolute atomic E-state index is 11.2. The molecule has 0 aliphatic heterocycles. The zero-order valence-electron chi connectivity index (χ0n) is 9.77. The normalized spacial score (nSPS) is 11.2. The third-order valence-electron chi connectivity index (χ3n) is 2.39. The molecular formula is C12H15NO3S. The van der Waals surface area contributed by atoms with Crippen molar-refractivity contribution in [2.24, 2.45) is 5.73 Å². The molecule has 0 aliphatic carbocycles. The van der Waals surface area contributed by atoms with Gasteiger partial charge in [0.1, 0.15) is 4.75 Å². The van der Waals surface area contributed by atoms with Crippen LogP contribution in [0.4, 0.5) is 0 Å². The lowest BCUT2D eigenvalue weighted by molar-refractivity contribution is -0.138. The van der Waals surface area contributed by atoms with Crippen LogP contribution in [0.3, 0.4) is 0 Å². The highest BCUT2D eigenvalue weighted by molar-refractivity contribution is 8.00. The number of carbonyl (C=O) groups is 2. The van der Waals surface area contributed by atoms with Crippen molar-refractivity contribution in [2.45, 2.75) is 24.3 Å². The molecule has 1 aromatic carbocycles. The van der Waals surface area contributed by atoms with Gasteiger partial charge in [-0.25, -0.2) is 0 Å². The monoisotopic (exact) mass is 253 g/mol. The number of benzene rings is 1. The van der Waals surface area contributed by atoms with Gasteiger partial charge in [0.15, 0.2) is 0 Å². The van der Waals surface area contributed by atoms with E-state index in [-0.39, 0.29) is 0 Å². The van der Waals surface area contributed by atoms with Crippen LogP contribution in [-0.4, -0.2) is 21.7 Å². The maximum atomic E-state index is 11.2. The first kappa shape index (κ1) is 13.6. The molecule has 0 fully saturated rings. The molecule has 0 spiro atoms. The van der Waals surface area contributed by atoms with E-state index in [1.807, 2.05) is 0 Å². The summed E-state index contributed by atoms with van der Waals surface area (Å²) in [6, 6.07) is 6.96. The minimum Gasteiger partial charge on any atom is -0.480 e. The number of hydrogen-bond donors (Lipinski definition) is 2. The molecule has 0 aromatic heterocycles. The Balaban J connectivity index is 2.83. The molecule has 0 aliphatic rings. The van der Waals surface area contributed by atoms with E-state index in [0.29, 0.717) is 11.3 Å². The van der Waals surface area contributed by atoms with E-state index < -0.39 is 16.6 Å². The van der Waals surface area contributed by atoms with Gasteiger partial charge in [0.25, 0.3) is 0 Å². The minimum atomic E-state index is -0.884. The molecular weight excluding hydrogens is 238 g/mol.